The van der Waals surface area contributed by atoms with Crippen LogP contribution in [0.4, 0.5) is 11.6 Å². The molecule has 2 aromatic rings. The third-order valence-corrected chi connectivity index (χ3v) is 3.66. The standard InChI is InChI=1S/C15H19N5/c1-11-4-2-7-18-14(11)20-15-13(17-8-9-19-15)12-5-3-6-16-10-12/h2,4,7-9,12,16H,3,5-6,10H2,1H3,(H,18,19,20)/t12-/m1/s1. The van der Waals surface area contributed by atoms with Gasteiger partial charge in [-0.3, -0.25) is 4.98 Å². The molecular formula is C15H19N5. The lowest BCUT2D eigenvalue weighted by molar-refractivity contribution is 0.455. The van der Waals surface area contributed by atoms with Crippen LogP contribution in [0, 0.1) is 6.92 Å². The molecule has 20 heavy (non-hydrogen) atoms. The average molecular weight is 269 g/mol. The summed E-state index contributed by atoms with van der Waals surface area (Å²) in [5, 5.41) is 6.75. The summed E-state index contributed by atoms with van der Waals surface area (Å²) in [7, 11) is 0. The Morgan fingerprint density at radius 3 is 2.80 bits per heavy atom. The fourth-order valence-electron chi connectivity index (χ4n) is 2.56. The van der Waals surface area contributed by atoms with Gasteiger partial charge >= 0.3 is 0 Å². The van der Waals surface area contributed by atoms with E-state index in [1.165, 1.54) is 6.42 Å². The summed E-state index contributed by atoms with van der Waals surface area (Å²) in [5.41, 5.74) is 2.13. The first-order valence-electron chi connectivity index (χ1n) is 7.05. The van der Waals surface area contributed by atoms with Gasteiger partial charge in [0.1, 0.15) is 5.82 Å². The second-order valence-corrected chi connectivity index (χ2v) is 5.13. The topological polar surface area (TPSA) is 62.7 Å². The van der Waals surface area contributed by atoms with E-state index in [2.05, 4.69) is 25.6 Å². The van der Waals surface area contributed by atoms with E-state index in [4.69, 9.17) is 0 Å². The van der Waals surface area contributed by atoms with Gasteiger partial charge in [0.05, 0.1) is 5.69 Å². The molecule has 0 amide bonds. The highest BCUT2D eigenvalue weighted by atomic mass is 15.1. The molecule has 1 saturated heterocycles. The molecule has 0 spiro atoms. The minimum absolute atomic E-state index is 0.420. The number of nitrogens with one attached hydrogen (secondary N) is 2. The van der Waals surface area contributed by atoms with Gasteiger partial charge in [-0.15, -0.1) is 0 Å². The zero-order valence-electron chi connectivity index (χ0n) is 11.6. The van der Waals surface area contributed by atoms with E-state index >= 15 is 0 Å². The SMILES string of the molecule is Cc1cccnc1Nc1nccnc1[C@@H]1CCCNC1. The van der Waals surface area contributed by atoms with Gasteiger partial charge in [-0.1, -0.05) is 6.07 Å². The molecule has 5 nitrogen and oxygen atoms in total. The van der Waals surface area contributed by atoms with Gasteiger partial charge < -0.3 is 10.6 Å². The van der Waals surface area contributed by atoms with Crippen LogP contribution in [-0.2, 0) is 0 Å². The van der Waals surface area contributed by atoms with Gasteiger partial charge in [-0.2, -0.15) is 0 Å². The normalized spacial score (nSPS) is 18.8. The molecule has 2 N–H and O–H groups in total. The van der Waals surface area contributed by atoms with E-state index in [0.717, 1.165) is 42.4 Å². The first-order valence-corrected chi connectivity index (χ1v) is 7.05. The molecule has 104 valence electrons. The van der Waals surface area contributed by atoms with Gasteiger partial charge in [0, 0.05) is 31.1 Å². The van der Waals surface area contributed by atoms with Crippen LogP contribution in [0.25, 0.3) is 0 Å². The summed E-state index contributed by atoms with van der Waals surface area (Å²) in [4.78, 5) is 13.3. The molecule has 3 heterocycles. The summed E-state index contributed by atoms with van der Waals surface area (Å²) >= 11 is 0. The van der Waals surface area contributed by atoms with E-state index in [1.807, 2.05) is 19.1 Å². The number of hydrogen-bond acceptors (Lipinski definition) is 5. The Morgan fingerprint density at radius 2 is 2.00 bits per heavy atom. The number of hydrogen-bond donors (Lipinski definition) is 2. The lowest BCUT2D eigenvalue weighted by atomic mass is 9.96. The van der Waals surface area contributed by atoms with Gasteiger partial charge in [0.2, 0.25) is 0 Å². The molecule has 0 radical (unpaired) electrons. The Balaban J connectivity index is 1.88. The molecule has 1 aliphatic rings. The Kier molecular flexibility index (Phi) is 3.87. The lowest BCUT2D eigenvalue weighted by Gasteiger charge is -2.23. The van der Waals surface area contributed by atoms with Crippen LogP contribution >= 0.6 is 0 Å². The van der Waals surface area contributed by atoms with Crippen molar-refractivity contribution in [1.29, 1.82) is 0 Å². The van der Waals surface area contributed by atoms with Crippen molar-refractivity contribution in [1.82, 2.24) is 20.3 Å². The number of rotatable bonds is 3. The predicted octanol–water partition coefficient (Wildman–Crippen LogP) is 2.39. The van der Waals surface area contributed by atoms with E-state index in [9.17, 15) is 0 Å². The molecule has 1 aliphatic heterocycles. The van der Waals surface area contributed by atoms with E-state index in [-0.39, 0.29) is 0 Å². The van der Waals surface area contributed by atoms with Gasteiger partial charge in [-0.05, 0) is 37.9 Å². The molecule has 5 heteroatoms. The van der Waals surface area contributed by atoms with Crippen LogP contribution in [0.2, 0.25) is 0 Å². The molecular weight excluding hydrogens is 250 g/mol. The Bertz CT molecular complexity index is 578. The number of aromatic nitrogens is 3. The Morgan fingerprint density at radius 1 is 1.15 bits per heavy atom. The highest BCUT2D eigenvalue weighted by Gasteiger charge is 2.20. The van der Waals surface area contributed by atoms with Crippen molar-refractivity contribution in [3.05, 3.63) is 42.0 Å². The zero-order valence-corrected chi connectivity index (χ0v) is 11.6. The first-order chi connectivity index (χ1) is 9.84. The fraction of sp³-hybridized carbons (Fsp3) is 0.400. The predicted molar refractivity (Wildman–Crippen MR) is 79.1 cm³/mol. The number of anilines is 2. The van der Waals surface area contributed by atoms with Crippen molar-refractivity contribution < 1.29 is 0 Å². The van der Waals surface area contributed by atoms with Crippen LogP contribution < -0.4 is 10.6 Å². The molecule has 0 bridgehead atoms. The van der Waals surface area contributed by atoms with Crippen LogP contribution in [0.1, 0.15) is 30.0 Å². The second kappa shape index (κ2) is 5.96. The van der Waals surface area contributed by atoms with Gasteiger partial charge in [0.15, 0.2) is 5.82 Å². The van der Waals surface area contributed by atoms with Crippen LogP contribution in [0.3, 0.4) is 0 Å². The summed E-state index contributed by atoms with van der Waals surface area (Å²) in [6, 6.07) is 3.97. The molecule has 0 aliphatic carbocycles. The molecule has 2 aromatic heterocycles. The Hall–Kier alpha value is -2.01. The molecule has 1 fully saturated rings. The number of pyridine rings is 1. The van der Waals surface area contributed by atoms with Crippen molar-refractivity contribution in [2.45, 2.75) is 25.7 Å². The number of nitrogens with zero attached hydrogens (tertiary/aromatic N) is 3. The van der Waals surface area contributed by atoms with E-state index in [0.29, 0.717) is 5.92 Å². The van der Waals surface area contributed by atoms with Crippen molar-refractivity contribution in [2.24, 2.45) is 0 Å². The van der Waals surface area contributed by atoms with Crippen LogP contribution in [-0.4, -0.2) is 28.0 Å². The average Bonchev–Trinajstić information content (AvgIpc) is 2.51. The van der Waals surface area contributed by atoms with Crippen LogP contribution in [0.5, 0.6) is 0 Å². The first kappa shape index (κ1) is 13.0. The summed E-state index contributed by atoms with van der Waals surface area (Å²) in [5.74, 6) is 2.09. The zero-order chi connectivity index (χ0) is 13.8. The second-order valence-electron chi connectivity index (χ2n) is 5.13. The van der Waals surface area contributed by atoms with Crippen molar-refractivity contribution in [3.63, 3.8) is 0 Å². The molecule has 0 unspecified atom stereocenters. The largest absolute Gasteiger partial charge is 0.323 e. The fourth-order valence-corrected chi connectivity index (χ4v) is 2.56. The summed E-state index contributed by atoms with van der Waals surface area (Å²) in [6.45, 7) is 4.10. The number of aryl methyl sites for hydroxylation is 1. The smallest absolute Gasteiger partial charge is 0.153 e. The third kappa shape index (κ3) is 2.77. The quantitative estimate of drug-likeness (QED) is 0.896. The third-order valence-electron chi connectivity index (χ3n) is 3.66. The highest BCUT2D eigenvalue weighted by molar-refractivity contribution is 5.57. The molecule has 0 aromatic carbocycles. The minimum atomic E-state index is 0.420. The van der Waals surface area contributed by atoms with Gasteiger partial charge in [-0.25, -0.2) is 9.97 Å². The van der Waals surface area contributed by atoms with E-state index in [1.54, 1.807) is 18.6 Å². The van der Waals surface area contributed by atoms with E-state index < -0.39 is 0 Å². The minimum Gasteiger partial charge on any atom is -0.323 e. The maximum Gasteiger partial charge on any atom is 0.153 e. The maximum absolute atomic E-state index is 4.54. The summed E-state index contributed by atoms with van der Waals surface area (Å²) < 4.78 is 0. The van der Waals surface area contributed by atoms with Gasteiger partial charge in [0.25, 0.3) is 0 Å². The van der Waals surface area contributed by atoms with Crippen molar-refractivity contribution in [2.75, 3.05) is 18.4 Å². The monoisotopic (exact) mass is 269 g/mol. The molecule has 0 saturated carbocycles. The summed E-state index contributed by atoms with van der Waals surface area (Å²) in [6.07, 6.45) is 7.61. The molecule has 1 atom stereocenters. The van der Waals surface area contributed by atoms with Crippen LogP contribution in [0.15, 0.2) is 30.7 Å². The highest BCUT2D eigenvalue weighted by Crippen LogP contribution is 2.28. The Labute approximate surface area is 118 Å². The van der Waals surface area contributed by atoms with Crippen molar-refractivity contribution in [3.8, 4) is 0 Å². The van der Waals surface area contributed by atoms with Crippen molar-refractivity contribution >= 4 is 11.6 Å². The maximum atomic E-state index is 4.54. The lowest BCUT2D eigenvalue weighted by Crippen LogP contribution is -2.29. The molecule has 3 rings (SSSR count). The number of piperidine rings is 1.